The fourth-order valence-electron chi connectivity index (χ4n) is 3.23. The summed E-state index contributed by atoms with van der Waals surface area (Å²) in [5.74, 6) is 0. The number of hydrogen-bond donors (Lipinski definition) is 0. The van der Waals surface area contributed by atoms with Crippen molar-refractivity contribution in [2.75, 3.05) is 0 Å². The molecule has 0 amide bonds. The minimum Gasteiger partial charge on any atom is -0.107 e. The minimum absolute atomic E-state index is 0.239. The van der Waals surface area contributed by atoms with Crippen molar-refractivity contribution in [3.63, 3.8) is 0 Å². The van der Waals surface area contributed by atoms with E-state index < -0.39 is 0 Å². The van der Waals surface area contributed by atoms with Crippen LogP contribution >= 0.6 is 15.7 Å². The first-order valence-electron chi connectivity index (χ1n) is 8.97. The third-order valence-corrected chi connectivity index (χ3v) is 10.7. The van der Waals surface area contributed by atoms with Crippen LogP contribution in [-0.4, -0.2) is 0 Å². The second kappa shape index (κ2) is 6.63. The molecule has 0 saturated heterocycles. The van der Waals surface area contributed by atoms with E-state index in [1.807, 2.05) is 0 Å². The van der Waals surface area contributed by atoms with Crippen LogP contribution in [-0.2, 0) is 22.4 Å². The zero-order valence-corrected chi connectivity index (χ0v) is 18.8. The van der Waals surface area contributed by atoms with Gasteiger partial charge >= 0.3 is 0 Å². The maximum absolute atomic E-state index is 2.41. The molecule has 2 rings (SSSR count). The Morgan fingerprint density at radius 3 is 1.71 bits per heavy atom. The maximum Gasteiger partial charge on any atom is 0.0120 e. The second-order valence-corrected chi connectivity index (χ2v) is 13.5. The van der Waals surface area contributed by atoms with Crippen molar-refractivity contribution in [2.24, 2.45) is 0 Å². The number of rotatable bonds is 2. The van der Waals surface area contributed by atoms with Gasteiger partial charge in [-0.05, 0) is 32.4 Å². The Kier molecular flexibility index (Phi) is 5.45. The monoisotopic (exact) mass is 360 g/mol. The van der Waals surface area contributed by atoms with Gasteiger partial charge in [0.25, 0.3) is 0 Å². The van der Waals surface area contributed by atoms with Gasteiger partial charge in [0.2, 0.25) is 0 Å². The first-order valence-corrected chi connectivity index (χ1v) is 11.4. The molecule has 0 fully saturated rings. The predicted octanol–water partition coefficient (Wildman–Crippen LogP) is 8.19. The molecule has 0 radical (unpaired) electrons. The van der Waals surface area contributed by atoms with Crippen LogP contribution in [0.1, 0.15) is 83.5 Å². The molecule has 2 aromatic rings. The lowest BCUT2D eigenvalue weighted by molar-refractivity contribution is 0.550. The van der Waals surface area contributed by atoms with E-state index in [1.165, 1.54) is 19.9 Å². The van der Waals surface area contributed by atoms with Crippen LogP contribution in [0.2, 0.25) is 0 Å². The maximum atomic E-state index is 2.41. The summed E-state index contributed by atoms with van der Waals surface area (Å²) in [7, 11) is 1.26. The van der Waals surface area contributed by atoms with Crippen molar-refractivity contribution in [3.05, 3.63) is 51.5 Å². The van der Waals surface area contributed by atoms with Gasteiger partial charge in [-0.2, -0.15) is 0 Å². The van der Waals surface area contributed by atoms with Crippen LogP contribution in [0.4, 0.5) is 0 Å². The normalized spacial score (nSPS) is 14.5. The Bertz CT molecular complexity index is 687. The summed E-state index contributed by atoms with van der Waals surface area (Å²) in [5.41, 5.74) is 2.24. The van der Waals surface area contributed by atoms with Crippen molar-refractivity contribution in [1.29, 1.82) is 0 Å². The summed E-state index contributed by atoms with van der Waals surface area (Å²) in [6.45, 7) is 21.6. The molecule has 1 heterocycles. The summed E-state index contributed by atoms with van der Waals surface area (Å²) in [5, 5.41) is 5.19. The fourth-order valence-corrected chi connectivity index (χ4v) is 9.67. The average molecular weight is 360 g/mol. The molecule has 2 heteroatoms. The van der Waals surface area contributed by atoms with Gasteiger partial charge < -0.3 is 0 Å². The zero-order chi connectivity index (χ0) is 18.3. The molecule has 0 aliphatic carbocycles. The van der Waals surface area contributed by atoms with Gasteiger partial charge in [-0.1, -0.05) is 101 Å². The highest BCUT2D eigenvalue weighted by Gasteiger charge is 2.34. The molecule has 0 aliphatic rings. The molecule has 0 N–H and O–H groups in total. The zero-order valence-electron chi connectivity index (χ0n) is 17.0. The molecular weight excluding hydrogens is 326 g/mol. The molecular formula is C22H34P2. The van der Waals surface area contributed by atoms with Gasteiger partial charge in [-0.3, -0.25) is 0 Å². The van der Waals surface area contributed by atoms with Crippen LogP contribution in [0.25, 0.3) is 0 Å². The third kappa shape index (κ3) is 4.33. The Hall–Kier alpha value is -0.570. The van der Waals surface area contributed by atoms with Gasteiger partial charge in [-0.25, -0.2) is 0 Å². The van der Waals surface area contributed by atoms with Crippen LogP contribution in [0.3, 0.4) is 0 Å². The number of benzene rings is 1. The van der Waals surface area contributed by atoms with Crippen molar-refractivity contribution < 1.29 is 0 Å². The minimum atomic E-state index is -0.244. The van der Waals surface area contributed by atoms with E-state index in [-0.39, 0.29) is 23.8 Å². The van der Waals surface area contributed by atoms with Crippen molar-refractivity contribution in [1.82, 2.24) is 0 Å². The highest BCUT2D eigenvalue weighted by molar-refractivity contribution is 7.61. The summed E-state index contributed by atoms with van der Waals surface area (Å²) in [6, 6.07) is 11.1. The van der Waals surface area contributed by atoms with Gasteiger partial charge in [0.05, 0.1) is 0 Å². The molecule has 1 aromatic carbocycles. The van der Waals surface area contributed by atoms with Crippen molar-refractivity contribution in [3.8, 4) is 0 Å². The average Bonchev–Trinajstić information content (AvgIpc) is 2.79. The summed E-state index contributed by atoms with van der Waals surface area (Å²) in [6.07, 6.45) is 1.20. The van der Waals surface area contributed by atoms with E-state index in [9.17, 15) is 0 Å². The molecule has 0 bridgehead atoms. The van der Waals surface area contributed by atoms with Crippen molar-refractivity contribution >= 4 is 15.7 Å². The lowest BCUT2D eigenvalue weighted by Gasteiger charge is -2.29. The first-order chi connectivity index (χ1) is 10.8. The number of hydrogen-bond acceptors (Lipinski definition) is 0. The third-order valence-electron chi connectivity index (χ3n) is 4.24. The lowest BCUT2D eigenvalue weighted by Crippen LogP contribution is -2.18. The summed E-state index contributed by atoms with van der Waals surface area (Å²) in [4.78, 5) is 0. The summed E-state index contributed by atoms with van der Waals surface area (Å²) >= 11 is 0. The molecule has 0 nitrogen and oxygen atoms in total. The molecule has 1 atom stereocenters. The highest BCUT2D eigenvalue weighted by Crippen LogP contribution is 2.60. The topological polar surface area (TPSA) is 0 Å². The van der Waals surface area contributed by atoms with Gasteiger partial charge in [0.15, 0.2) is 0 Å². The predicted molar refractivity (Wildman–Crippen MR) is 113 cm³/mol. The van der Waals surface area contributed by atoms with E-state index in [0.717, 1.165) is 0 Å². The summed E-state index contributed by atoms with van der Waals surface area (Å²) < 4.78 is 0. The Labute approximate surface area is 152 Å². The molecule has 0 spiro atoms. The standard InChI is InChI=1S/C22H34P2/c1-20(2,3)17-18(21(4,5)6)24(19(23-17)22(7,8)9)15-16-13-11-10-12-14-16/h10-14H,15H2,1-9H3. The SMILES string of the molecule is CC(C)(C)c1pc(C(C)(C)C)p(Cc2ccccc2)c1C(C)(C)C. The van der Waals surface area contributed by atoms with Crippen LogP contribution in [0.15, 0.2) is 30.3 Å². The van der Waals surface area contributed by atoms with E-state index >= 15 is 0 Å². The Morgan fingerprint density at radius 1 is 0.750 bits per heavy atom. The highest BCUT2D eigenvalue weighted by atomic mass is 31.1. The molecule has 132 valence electrons. The second-order valence-electron chi connectivity index (χ2n) is 9.95. The van der Waals surface area contributed by atoms with Crippen molar-refractivity contribution in [2.45, 2.75) is 84.7 Å². The van der Waals surface area contributed by atoms with E-state index in [1.54, 1.807) is 15.6 Å². The van der Waals surface area contributed by atoms with Crippen LogP contribution in [0.5, 0.6) is 0 Å². The smallest absolute Gasteiger partial charge is 0.0120 e. The van der Waals surface area contributed by atoms with Gasteiger partial charge in [0, 0.05) is 11.2 Å². The fraction of sp³-hybridized carbons (Fsp3) is 0.591. The quantitative estimate of drug-likeness (QED) is 0.506. The van der Waals surface area contributed by atoms with Gasteiger partial charge in [-0.15, -0.1) is 7.53 Å². The van der Waals surface area contributed by atoms with E-state index in [4.69, 9.17) is 0 Å². The van der Waals surface area contributed by atoms with Crippen LogP contribution < -0.4 is 0 Å². The van der Waals surface area contributed by atoms with Crippen LogP contribution in [0, 0.1) is 0 Å². The molecule has 0 saturated carbocycles. The largest absolute Gasteiger partial charge is 0.107 e. The first kappa shape index (κ1) is 19.8. The molecule has 1 aromatic heterocycles. The molecule has 24 heavy (non-hydrogen) atoms. The Morgan fingerprint density at radius 2 is 1.29 bits per heavy atom. The van der Waals surface area contributed by atoms with E-state index in [2.05, 4.69) is 92.6 Å². The van der Waals surface area contributed by atoms with E-state index in [0.29, 0.717) is 0 Å². The lowest BCUT2D eigenvalue weighted by atomic mass is 9.86. The molecule has 0 aliphatic heterocycles. The Balaban J connectivity index is 2.75. The molecule has 1 unspecified atom stereocenters. The van der Waals surface area contributed by atoms with Gasteiger partial charge in [0.1, 0.15) is 0 Å².